The molecule has 0 aliphatic heterocycles. The van der Waals surface area contributed by atoms with Gasteiger partial charge in [-0.1, -0.05) is 60.7 Å². The Morgan fingerprint density at radius 3 is 2.49 bits per heavy atom. The Morgan fingerprint density at radius 2 is 1.77 bits per heavy atom. The molecule has 3 aromatic carbocycles. The number of hydrogen-bond donors (Lipinski definition) is 4. The third kappa shape index (κ3) is 7.61. The van der Waals surface area contributed by atoms with Crippen LogP contribution in [0.3, 0.4) is 0 Å². The van der Waals surface area contributed by atoms with E-state index in [2.05, 4.69) is 69.2 Å². The summed E-state index contributed by atoms with van der Waals surface area (Å²) in [6.07, 6.45) is 4.43. The Balaban J connectivity index is 1.64. The van der Waals surface area contributed by atoms with Crippen LogP contribution >= 0.6 is 0 Å². The summed E-state index contributed by atoms with van der Waals surface area (Å²) in [5.41, 5.74) is 13.3. The van der Waals surface area contributed by atoms with Crippen molar-refractivity contribution in [2.24, 2.45) is 10.8 Å². The quantitative estimate of drug-likeness (QED) is 0.120. The van der Waals surface area contributed by atoms with E-state index in [0.717, 1.165) is 53.0 Å². The van der Waals surface area contributed by atoms with Crippen molar-refractivity contribution in [3.8, 4) is 5.75 Å². The number of aromatic nitrogens is 1. The molecule has 5 N–H and O–H groups in total. The van der Waals surface area contributed by atoms with Gasteiger partial charge in [-0.2, -0.15) is 5.10 Å². The Kier molecular flexibility index (Phi) is 9.97. The molecule has 1 aromatic heterocycles. The number of para-hydroxylation sites is 1. The van der Waals surface area contributed by atoms with Gasteiger partial charge in [0.1, 0.15) is 11.6 Å². The minimum atomic E-state index is -0.386. The first-order chi connectivity index (χ1) is 19.1. The van der Waals surface area contributed by atoms with Gasteiger partial charge in [0.25, 0.3) is 0 Å². The SMILES string of the molecule is CN/N=C(/[C@@H](Cc1c[nH]c2ccccc12)NC(=O)CN)N(CCCc1ccccc1)Cc1ccc(OC)cc1. The highest BCUT2D eigenvalue weighted by atomic mass is 16.5. The van der Waals surface area contributed by atoms with Crippen molar-refractivity contribution in [1.29, 1.82) is 0 Å². The van der Waals surface area contributed by atoms with E-state index < -0.39 is 0 Å². The topological polar surface area (TPSA) is 108 Å². The summed E-state index contributed by atoms with van der Waals surface area (Å²) in [6, 6.07) is 26.3. The second-order valence-electron chi connectivity index (χ2n) is 9.44. The predicted molar refractivity (Wildman–Crippen MR) is 158 cm³/mol. The molecule has 0 saturated carbocycles. The highest BCUT2D eigenvalue weighted by molar-refractivity contribution is 5.93. The summed E-state index contributed by atoms with van der Waals surface area (Å²) in [6.45, 7) is 1.29. The van der Waals surface area contributed by atoms with E-state index in [0.29, 0.717) is 13.0 Å². The number of nitrogens with one attached hydrogen (secondary N) is 3. The standard InChI is InChI=1S/C31H38N6O2/c1-33-36-31(29(35-30(38)20-32)19-25-21-34-28-13-7-6-12-27(25)28)37(18-8-11-23-9-4-3-5-10-23)22-24-14-16-26(39-2)17-15-24/h3-7,9-10,12-17,21,29,33-34H,8,11,18-20,22,32H2,1-2H3,(H,35,38)/b36-31-/t29-/m1/s1. The highest BCUT2D eigenvalue weighted by Crippen LogP contribution is 2.21. The number of ether oxygens (including phenoxy) is 1. The van der Waals surface area contributed by atoms with Crippen LogP contribution in [0.1, 0.15) is 23.1 Å². The molecular weight excluding hydrogens is 488 g/mol. The van der Waals surface area contributed by atoms with E-state index >= 15 is 0 Å². The zero-order valence-electron chi connectivity index (χ0n) is 22.7. The van der Waals surface area contributed by atoms with Crippen molar-refractivity contribution in [2.45, 2.75) is 31.8 Å². The van der Waals surface area contributed by atoms with Crippen molar-refractivity contribution in [2.75, 3.05) is 27.2 Å². The normalized spacial score (nSPS) is 12.2. The molecule has 39 heavy (non-hydrogen) atoms. The van der Waals surface area contributed by atoms with Gasteiger partial charge in [0.2, 0.25) is 5.91 Å². The average molecular weight is 527 g/mol. The largest absolute Gasteiger partial charge is 0.497 e. The number of H-pyrrole nitrogens is 1. The lowest BCUT2D eigenvalue weighted by atomic mass is 10.0. The zero-order chi connectivity index (χ0) is 27.5. The molecule has 0 bridgehead atoms. The Labute approximate surface area is 230 Å². The third-order valence-electron chi connectivity index (χ3n) is 6.75. The first-order valence-electron chi connectivity index (χ1n) is 13.3. The average Bonchev–Trinajstić information content (AvgIpc) is 3.38. The number of benzene rings is 3. The number of aryl methyl sites for hydroxylation is 1. The van der Waals surface area contributed by atoms with Crippen molar-refractivity contribution >= 4 is 22.6 Å². The number of rotatable bonds is 13. The van der Waals surface area contributed by atoms with Crippen LogP contribution in [0.25, 0.3) is 10.9 Å². The summed E-state index contributed by atoms with van der Waals surface area (Å²) in [5.74, 6) is 1.34. The third-order valence-corrected chi connectivity index (χ3v) is 6.75. The minimum Gasteiger partial charge on any atom is -0.497 e. The number of aromatic amines is 1. The first-order valence-corrected chi connectivity index (χ1v) is 13.3. The van der Waals surface area contributed by atoms with Crippen molar-refractivity contribution in [3.05, 3.63) is 102 Å². The van der Waals surface area contributed by atoms with Crippen LogP contribution in [-0.4, -0.2) is 54.9 Å². The molecule has 4 rings (SSSR count). The van der Waals surface area contributed by atoms with Crippen LogP contribution < -0.4 is 21.2 Å². The number of methoxy groups -OCH3 is 1. The maximum atomic E-state index is 12.6. The number of hydrazone groups is 1. The fourth-order valence-electron chi connectivity index (χ4n) is 4.81. The molecule has 8 heteroatoms. The molecule has 0 radical (unpaired) electrons. The second kappa shape index (κ2) is 14.0. The van der Waals surface area contributed by atoms with Crippen molar-refractivity contribution < 1.29 is 9.53 Å². The van der Waals surface area contributed by atoms with E-state index in [1.165, 1.54) is 5.56 Å². The summed E-state index contributed by atoms with van der Waals surface area (Å²) >= 11 is 0. The molecule has 0 fully saturated rings. The van der Waals surface area contributed by atoms with Gasteiger partial charge < -0.3 is 31.1 Å². The van der Waals surface area contributed by atoms with Gasteiger partial charge in [-0.3, -0.25) is 4.79 Å². The molecule has 0 aliphatic rings. The number of hydrogen-bond acceptors (Lipinski definition) is 5. The molecule has 1 amide bonds. The van der Waals surface area contributed by atoms with E-state index in [-0.39, 0.29) is 18.5 Å². The van der Waals surface area contributed by atoms with E-state index in [4.69, 9.17) is 15.6 Å². The van der Waals surface area contributed by atoms with Crippen molar-refractivity contribution in [3.63, 3.8) is 0 Å². The van der Waals surface area contributed by atoms with Gasteiger partial charge in [-0.05, 0) is 47.7 Å². The maximum absolute atomic E-state index is 12.6. The van der Waals surface area contributed by atoms with E-state index in [1.54, 1.807) is 14.2 Å². The van der Waals surface area contributed by atoms with Gasteiger partial charge in [-0.15, -0.1) is 0 Å². The molecule has 0 unspecified atom stereocenters. The van der Waals surface area contributed by atoms with E-state index in [1.807, 2.05) is 36.5 Å². The summed E-state index contributed by atoms with van der Waals surface area (Å²) < 4.78 is 5.35. The van der Waals surface area contributed by atoms with Crippen LogP contribution in [-0.2, 0) is 24.2 Å². The minimum absolute atomic E-state index is 0.0935. The van der Waals surface area contributed by atoms with Crippen LogP contribution in [0, 0.1) is 0 Å². The molecule has 1 atom stereocenters. The molecule has 1 heterocycles. The predicted octanol–water partition coefficient (Wildman–Crippen LogP) is 3.83. The Bertz CT molecular complexity index is 1350. The van der Waals surface area contributed by atoms with Gasteiger partial charge >= 0.3 is 0 Å². The summed E-state index contributed by atoms with van der Waals surface area (Å²) in [4.78, 5) is 18.2. The zero-order valence-corrected chi connectivity index (χ0v) is 22.7. The van der Waals surface area contributed by atoms with Crippen molar-refractivity contribution in [1.82, 2.24) is 20.6 Å². The van der Waals surface area contributed by atoms with Gasteiger partial charge in [0, 0.05) is 43.7 Å². The number of nitrogens with two attached hydrogens (primary N) is 1. The molecule has 0 saturated heterocycles. The number of nitrogens with zero attached hydrogens (tertiary/aromatic N) is 2. The molecule has 4 aromatic rings. The van der Waals surface area contributed by atoms with Crippen LogP contribution in [0.4, 0.5) is 0 Å². The maximum Gasteiger partial charge on any atom is 0.234 e. The lowest BCUT2D eigenvalue weighted by Crippen LogP contribution is -2.51. The number of amidine groups is 1. The Hall–Kier alpha value is -4.30. The van der Waals surface area contributed by atoms with Crippen LogP contribution in [0.15, 0.2) is 90.2 Å². The second-order valence-corrected chi connectivity index (χ2v) is 9.44. The van der Waals surface area contributed by atoms with Crippen LogP contribution in [0.5, 0.6) is 5.75 Å². The number of fused-ring (bicyclic) bond motifs is 1. The smallest absolute Gasteiger partial charge is 0.234 e. The fraction of sp³-hybridized carbons (Fsp3) is 0.290. The Morgan fingerprint density at radius 1 is 1.03 bits per heavy atom. The molecule has 204 valence electrons. The fourth-order valence-corrected chi connectivity index (χ4v) is 4.81. The summed E-state index contributed by atoms with van der Waals surface area (Å²) in [7, 11) is 3.45. The number of amides is 1. The lowest BCUT2D eigenvalue weighted by Gasteiger charge is -2.32. The number of carbonyl (C=O) groups is 1. The van der Waals surface area contributed by atoms with Gasteiger partial charge in [0.15, 0.2) is 0 Å². The lowest BCUT2D eigenvalue weighted by molar-refractivity contribution is -0.120. The molecular formula is C31H38N6O2. The summed E-state index contributed by atoms with van der Waals surface area (Å²) in [5, 5.41) is 8.99. The van der Waals surface area contributed by atoms with Gasteiger partial charge in [0.05, 0.1) is 19.7 Å². The van der Waals surface area contributed by atoms with Gasteiger partial charge in [-0.25, -0.2) is 0 Å². The number of carbonyl (C=O) groups excluding carboxylic acids is 1. The molecule has 0 aliphatic carbocycles. The van der Waals surface area contributed by atoms with E-state index in [9.17, 15) is 4.79 Å². The monoisotopic (exact) mass is 526 g/mol. The van der Waals surface area contributed by atoms with Crippen LogP contribution in [0.2, 0.25) is 0 Å². The first kappa shape index (κ1) is 27.7. The highest BCUT2D eigenvalue weighted by Gasteiger charge is 2.26. The molecule has 8 nitrogen and oxygen atoms in total. The molecule has 0 spiro atoms.